The van der Waals surface area contributed by atoms with E-state index >= 15 is 0 Å². The highest BCUT2D eigenvalue weighted by molar-refractivity contribution is 5.70. The Morgan fingerprint density at radius 2 is 1.61 bits per heavy atom. The van der Waals surface area contributed by atoms with E-state index in [4.69, 9.17) is 9.47 Å². The van der Waals surface area contributed by atoms with Crippen molar-refractivity contribution in [3.05, 3.63) is 47.8 Å². The maximum absolute atomic E-state index is 13.3. The second-order valence-electron chi connectivity index (χ2n) is 3.96. The summed E-state index contributed by atoms with van der Waals surface area (Å²) in [6.45, 7) is 1.89. The number of ether oxygens (including phenoxy) is 2. The van der Waals surface area contributed by atoms with Crippen LogP contribution in [0.5, 0.6) is 11.5 Å². The molecular formula is C15H14FO2. The first-order valence-electron chi connectivity index (χ1n) is 5.55. The quantitative estimate of drug-likeness (QED) is 0.822. The fraction of sp³-hybridized carbons (Fsp3) is 0.200. The van der Waals surface area contributed by atoms with Gasteiger partial charge in [0.2, 0.25) is 0 Å². The van der Waals surface area contributed by atoms with E-state index in [1.54, 1.807) is 20.3 Å². The van der Waals surface area contributed by atoms with Crippen LogP contribution in [0.2, 0.25) is 0 Å². The van der Waals surface area contributed by atoms with Crippen molar-refractivity contribution in [1.29, 1.82) is 0 Å². The monoisotopic (exact) mass is 245 g/mol. The maximum atomic E-state index is 13.3. The van der Waals surface area contributed by atoms with Crippen molar-refractivity contribution in [2.75, 3.05) is 14.2 Å². The number of halogens is 1. The van der Waals surface area contributed by atoms with Crippen molar-refractivity contribution in [3.8, 4) is 22.6 Å². The molecule has 2 aromatic rings. The molecular weight excluding hydrogens is 231 g/mol. The first-order valence-corrected chi connectivity index (χ1v) is 5.55. The molecule has 93 valence electrons. The first-order chi connectivity index (χ1) is 8.63. The summed E-state index contributed by atoms with van der Waals surface area (Å²) in [6.07, 6.45) is 0. The van der Waals surface area contributed by atoms with Gasteiger partial charge in [-0.1, -0.05) is 0 Å². The number of hydrogen-bond donors (Lipinski definition) is 0. The fourth-order valence-electron chi connectivity index (χ4n) is 1.81. The van der Waals surface area contributed by atoms with E-state index in [-0.39, 0.29) is 5.82 Å². The van der Waals surface area contributed by atoms with Gasteiger partial charge in [-0.3, -0.25) is 0 Å². The van der Waals surface area contributed by atoms with Crippen LogP contribution >= 0.6 is 0 Å². The molecule has 0 bridgehead atoms. The lowest BCUT2D eigenvalue weighted by molar-refractivity contribution is 0.394. The van der Waals surface area contributed by atoms with Gasteiger partial charge in [-0.15, -0.1) is 0 Å². The van der Waals surface area contributed by atoms with E-state index in [9.17, 15) is 4.39 Å². The molecule has 0 aliphatic carbocycles. The smallest absolute Gasteiger partial charge is 0.124 e. The summed E-state index contributed by atoms with van der Waals surface area (Å²) in [7, 11) is 3.17. The first kappa shape index (κ1) is 12.4. The van der Waals surface area contributed by atoms with Gasteiger partial charge in [0.25, 0.3) is 0 Å². The summed E-state index contributed by atoms with van der Waals surface area (Å²) in [5.41, 5.74) is 2.51. The molecule has 0 N–H and O–H groups in total. The molecule has 0 atom stereocenters. The van der Waals surface area contributed by atoms with Gasteiger partial charge >= 0.3 is 0 Å². The van der Waals surface area contributed by atoms with Crippen LogP contribution in [0.15, 0.2) is 30.3 Å². The lowest BCUT2D eigenvalue weighted by Crippen LogP contribution is -1.91. The van der Waals surface area contributed by atoms with Gasteiger partial charge in [0.05, 0.1) is 14.2 Å². The minimum atomic E-state index is -0.308. The van der Waals surface area contributed by atoms with Gasteiger partial charge in [-0.25, -0.2) is 4.39 Å². The highest BCUT2D eigenvalue weighted by Crippen LogP contribution is 2.31. The Balaban J connectivity index is 2.58. The zero-order valence-corrected chi connectivity index (χ0v) is 10.6. The van der Waals surface area contributed by atoms with Crippen LogP contribution in [-0.4, -0.2) is 14.2 Å². The summed E-state index contributed by atoms with van der Waals surface area (Å²) in [4.78, 5) is 0. The van der Waals surface area contributed by atoms with E-state index in [2.05, 4.69) is 6.07 Å². The Hall–Kier alpha value is -2.03. The number of hydrogen-bond acceptors (Lipinski definition) is 2. The van der Waals surface area contributed by atoms with E-state index in [1.807, 2.05) is 19.1 Å². The van der Waals surface area contributed by atoms with E-state index < -0.39 is 0 Å². The molecule has 18 heavy (non-hydrogen) atoms. The minimum Gasteiger partial charge on any atom is -0.497 e. The molecule has 0 saturated heterocycles. The largest absolute Gasteiger partial charge is 0.497 e. The predicted molar refractivity (Wildman–Crippen MR) is 68.5 cm³/mol. The minimum absolute atomic E-state index is 0.308. The van der Waals surface area contributed by atoms with Gasteiger partial charge < -0.3 is 9.47 Å². The summed E-state index contributed by atoms with van der Waals surface area (Å²) in [6, 6.07) is 11.2. The highest BCUT2D eigenvalue weighted by atomic mass is 19.1. The average molecular weight is 245 g/mol. The molecule has 3 heteroatoms. The van der Waals surface area contributed by atoms with Gasteiger partial charge in [0, 0.05) is 6.07 Å². The Kier molecular flexibility index (Phi) is 3.51. The zero-order chi connectivity index (χ0) is 13.1. The molecule has 0 aliphatic rings. The van der Waals surface area contributed by atoms with Crippen LogP contribution in [0.3, 0.4) is 0 Å². The average Bonchev–Trinajstić information content (AvgIpc) is 2.40. The van der Waals surface area contributed by atoms with Crippen molar-refractivity contribution in [1.82, 2.24) is 0 Å². The van der Waals surface area contributed by atoms with Gasteiger partial charge in [-0.05, 0) is 53.9 Å². The Bertz CT molecular complexity index is 542. The van der Waals surface area contributed by atoms with Gasteiger partial charge in [0.15, 0.2) is 0 Å². The topological polar surface area (TPSA) is 18.5 Å². The van der Waals surface area contributed by atoms with Crippen molar-refractivity contribution in [2.24, 2.45) is 0 Å². The molecule has 2 aromatic carbocycles. The normalized spacial score (nSPS) is 10.2. The Morgan fingerprint density at radius 1 is 1.00 bits per heavy atom. The van der Waals surface area contributed by atoms with Crippen molar-refractivity contribution in [2.45, 2.75) is 6.92 Å². The second kappa shape index (κ2) is 5.08. The third kappa shape index (κ3) is 2.45. The van der Waals surface area contributed by atoms with Crippen LogP contribution in [0.4, 0.5) is 4.39 Å². The van der Waals surface area contributed by atoms with Crippen molar-refractivity contribution in [3.63, 3.8) is 0 Å². The van der Waals surface area contributed by atoms with Crippen LogP contribution in [0.25, 0.3) is 11.1 Å². The molecule has 0 spiro atoms. The van der Waals surface area contributed by atoms with Crippen LogP contribution < -0.4 is 9.47 Å². The summed E-state index contributed by atoms with van der Waals surface area (Å²) >= 11 is 0. The zero-order valence-electron chi connectivity index (χ0n) is 10.6. The molecule has 0 saturated carbocycles. The summed E-state index contributed by atoms with van der Waals surface area (Å²) in [5, 5.41) is 0. The SMILES string of the molecule is COc1cc(OC)cc(-c2cc(F)c[c]c2C)c1. The molecule has 0 fully saturated rings. The number of methoxy groups -OCH3 is 2. The maximum Gasteiger partial charge on any atom is 0.124 e. The van der Waals surface area contributed by atoms with E-state index in [1.165, 1.54) is 12.1 Å². The lowest BCUT2D eigenvalue weighted by Gasteiger charge is -2.10. The number of aryl methyl sites for hydroxylation is 1. The van der Waals surface area contributed by atoms with Crippen LogP contribution in [-0.2, 0) is 0 Å². The number of rotatable bonds is 3. The fourth-order valence-corrected chi connectivity index (χ4v) is 1.81. The molecule has 2 nitrogen and oxygen atoms in total. The predicted octanol–water partition coefficient (Wildman–Crippen LogP) is 3.62. The molecule has 0 aliphatic heterocycles. The van der Waals surface area contributed by atoms with Crippen LogP contribution in [0.1, 0.15) is 5.56 Å². The van der Waals surface area contributed by atoms with Gasteiger partial charge in [-0.2, -0.15) is 0 Å². The van der Waals surface area contributed by atoms with Crippen molar-refractivity contribution < 1.29 is 13.9 Å². The molecule has 0 aromatic heterocycles. The molecule has 0 heterocycles. The summed E-state index contributed by atoms with van der Waals surface area (Å²) in [5.74, 6) is 1.04. The lowest BCUT2D eigenvalue weighted by atomic mass is 10.00. The molecule has 1 radical (unpaired) electrons. The third-order valence-electron chi connectivity index (χ3n) is 2.78. The summed E-state index contributed by atoms with van der Waals surface area (Å²) < 4.78 is 23.7. The second-order valence-corrected chi connectivity index (χ2v) is 3.96. The Labute approximate surface area is 106 Å². The van der Waals surface area contributed by atoms with Crippen molar-refractivity contribution >= 4 is 0 Å². The highest BCUT2D eigenvalue weighted by Gasteiger charge is 2.08. The standard InChI is InChI=1S/C15H14FO2/c1-10-4-5-12(16)8-15(10)11-6-13(17-2)9-14(7-11)18-3/h5-9H,1-3H3. The Morgan fingerprint density at radius 3 is 2.17 bits per heavy atom. The van der Waals surface area contributed by atoms with E-state index in [0.29, 0.717) is 11.5 Å². The van der Waals surface area contributed by atoms with E-state index in [0.717, 1.165) is 16.7 Å². The van der Waals surface area contributed by atoms with Crippen LogP contribution in [0, 0.1) is 18.8 Å². The number of benzene rings is 2. The third-order valence-corrected chi connectivity index (χ3v) is 2.78. The molecule has 0 unspecified atom stereocenters. The molecule has 0 amide bonds. The molecule has 2 rings (SSSR count). The van der Waals surface area contributed by atoms with Gasteiger partial charge in [0.1, 0.15) is 17.3 Å².